The number of pyridine rings is 1. The summed E-state index contributed by atoms with van der Waals surface area (Å²) in [5.74, 6) is 0.957. The Morgan fingerprint density at radius 1 is 1.22 bits per heavy atom. The van der Waals surface area contributed by atoms with Crippen LogP contribution in [0, 0.1) is 5.41 Å². The Kier molecular flexibility index (Phi) is 3.82. The Labute approximate surface area is 108 Å². The molecule has 0 spiro atoms. The summed E-state index contributed by atoms with van der Waals surface area (Å²) in [5.41, 5.74) is 5.82. The molecule has 3 nitrogen and oxygen atoms in total. The van der Waals surface area contributed by atoms with Crippen molar-refractivity contribution in [2.75, 3.05) is 18.4 Å². The second kappa shape index (κ2) is 5.36. The molecule has 0 saturated heterocycles. The molecule has 0 radical (unpaired) electrons. The molecule has 96 valence electrons. The van der Waals surface area contributed by atoms with Gasteiger partial charge in [-0.15, -0.1) is 0 Å². The van der Waals surface area contributed by atoms with E-state index in [4.69, 9.17) is 5.73 Å². The molecule has 0 unspecified atom stereocenters. The molecule has 0 amide bonds. The summed E-state index contributed by atoms with van der Waals surface area (Å²) in [4.78, 5) is 4.43. The number of aromatic nitrogens is 1. The first-order valence-electron chi connectivity index (χ1n) is 6.40. The van der Waals surface area contributed by atoms with E-state index in [1.54, 1.807) is 0 Å². The molecule has 1 aromatic carbocycles. The van der Waals surface area contributed by atoms with Crippen molar-refractivity contribution in [2.45, 2.75) is 20.3 Å². The zero-order valence-electron chi connectivity index (χ0n) is 11.1. The molecule has 0 fully saturated rings. The van der Waals surface area contributed by atoms with E-state index in [9.17, 15) is 0 Å². The maximum Gasteiger partial charge on any atom is 0.133 e. The van der Waals surface area contributed by atoms with E-state index in [1.165, 1.54) is 10.8 Å². The van der Waals surface area contributed by atoms with E-state index in [0.29, 0.717) is 0 Å². The molecule has 0 aliphatic rings. The van der Waals surface area contributed by atoms with Crippen molar-refractivity contribution in [1.82, 2.24) is 4.98 Å². The molecular formula is C15H21N3. The number of nitrogens with one attached hydrogen (secondary N) is 1. The first-order valence-corrected chi connectivity index (χ1v) is 6.40. The van der Waals surface area contributed by atoms with Gasteiger partial charge in [0.1, 0.15) is 5.82 Å². The van der Waals surface area contributed by atoms with Crippen LogP contribution in [0.3, 0.4) is 0 Å². The fraction of sp³-hybridized carbons (Fsp3) is 0.400. The molecule has 0 saturated carbocycles. The number of hydrogen-bond acceptors (Lipinski definition) is 3. The molecule has 3 heteroatoms. The first kappa shape index (κ1) is 12.8. The van der Waals surface area contributed by atoms with Gasteiger partial charge in [-0.1, -0.05) is 38.1 Å². The van der Waals surface area contributed by atoms with Crippen molar-refractivity contribution in [3.05, 3.63) is 36.5 Å². The van der Waals surface area contributed by atoms with Gasteiger partial charge in [-0.25, -0.2) is 4.98 Å². The van der Waals surface area contributed by atoms with Gasteiger partial charge in [-0.05, 0) is 29.8 Å². The van der Waals surface area contributed by atoms with Gasteiger partial charge in [0.2, 0.25) is 0 Å². The van der Waals surface area contributed by atoms with Crippen LogP contribution in [0.2, 0.25) is 0 Å². The normalized spacial score (nSPS) is 11.7. The Morgan fingerprint density at radius 3 is 2.78 bits per heavy atom. The smallest absolute Gasteiger partial charge is 0.133 e. The van der Waals surface area contributed by atoms with E-state index < -0.39 is 0 Å². The van der Waals surface area contributed by atoms with Gasteiger partial charge in [0.15, 0.2) is 0 Å². The summed E-state index contributed by atoms with van der Waals surface area (Å²) in [5, 5.41) is 5.83. The molecule has 3 N–H and O–H groups in total. The highest BCUT2D eigenvalue weighted by atomic mass is 15.0. The standard InChI is InChI=1S/C15H21N3/c1-15(2,8-9-16)11-18-14-13-6-4-3-5-12(13)7-10-17-14/h3-7,10H,8-9,11,16H2,1-2H3,(H,17,18). The minimum absolute atomic E-state index is 0.188. The van der Waals surface area contributed by atoms with Crippen molar-refractivity contribution in [2.24, 2.45) is 11.1 Å². The predicted octanol–water partition coefficient (Wildman–Crippen LogP) is 3.02. The molecule has 1 aromatic heterocycles. The highest BCUT2D eigenvalue weighted by molar-refractivity contribution is 5.91. The van der Waals surface area contributed by atoms with Crippen LogP contribution in [0.1, 0.15) is 20.3 Å². The number of benzene rings is 1. The average Bonchev–Trinajstić information content (AvgIpc) is 2.36. The van der Waals surface area contributed by atoms with Gasteiger partial charge in [0, 0.05) is 18.1 Å². The highest BCUT2D eigenvalue weighted by Crippen LogP contribution is 2.24. The lowest BCUT2D eigenvalue weighted by atomic mass is 9.89. The van der Waals surface area contributed by atoms with Crippen LogP contribution in [-0.4, -0.2) is 18.1 Å². The van der Waals surface area contributed by atoms with Crippen LogP contribution in [-0.2, 0) is 0 Å². The molecule has 2 rings (SSSR count). The largest absolute Gasteiger partial charge is 0.369 e. The van der Waals surface area contributed by atoms with Crippen molar-refractivity contribution < 1.29 is 0 Å². The van der Waals surface area contributed by atoms with Crippen LogP contribution in [0.4, 0.5) is 5.82 Å². The van der Waals surface area contributed by atoms with Gasteiger partial charge >= 0.3 is 0 Å². The SMILES string of the molecule is CC(C)(CCN)CNc1nccc2ccccc12. The maximum absolute atomic E-state index is 5.63. The Bertz CT molecular complexity index is 515. The van der Waals surface area contributed by atoms with Gasteiger partial charge in [-0.2, -0.15) is 0 Å². The Hall–Kier alpha value is -1.61. The van der Waals surface area contributed by atoms with Crippen molar-refractivity contribution in [3.8, 4) is 0 Å². The van der Waals surface area contributed by atoms with Crippen LogP contribution >= 0.6 is 0 Å². The second-order valence-electron chi connectivity index (χ2n) is 5.44. The molecule has 0 aliphatic heterocycles. The molecular weight excluding hydrogens is 222 g/mol. The summed E-state index contributed by atoms with van der Waals surface area (Å²) < 4.78 is 0. The molecule has 0 atom stereocenters. The topological polar surface area (TPSA) is 50.9 Å². The van der Waals surface area contributed by atoms with Crippen molar-refractivity contribution in [1.29, 1.82) is 0 Å². The zero-order chi connectivity index (χ0) is 13.0. The number of rotatable bonds is 5. The summed E-state index contributed by atoms with van der Waals surface area (Å²) in [6.45, 7) is 6.04. The molecule has 0 bridgehead atoms. The van der Waals surface area contributed by atoms with Crippen LogP contribution in [0.25, 0.3) is 10.8 Å². The first-order chi connectivity index (χ1) is 8.62. The van der Waals surface area contributed by atoms with Gasteiger partial charge in [0.05, 0.1) is 0 Å². The van der Waals surface area contributed by atoms with E-state index in [0.717, 1.165) is 25.3 Å². The maximum atomic E-state index is 5.63. The number of nitrogens with two attached hydrogens (primary N) is 1. The molecule has 18 heavy (non-hydrogen) atoms. The molecule has 1 heterocycles. The van der Waals surface area contributed by atoms with Crippen LogP contribution < -0.4 is 11.1 Å². The third-order valence-corrected chi connectivity index (χ3v) is 3.23. The van der Waals surface area contributed by atoms with Gasteiger partial charge in [0.25, 0.3) is 0 Å². The van der Waals surface area contributed by atoms with Gasteiger partial charge < -0.3 is 11.1 Å². The number of fused-ring (bicyclic) bond motifs is 1. The summed E-state index contributed by atoms with van der Waals surface area (Å²) in [6.07, 6.45) is 2.85. The second-order valence-corrected chi connectivity index (χ2v) is 5.44. The van der Waals surface area contributed by atoms with Crippen LogP contribution in [0.5, 0.6) is 0 Å². The Balaban J connectivity index is 2.17. The van der Waals surface area contributed by atoms with E-state index in [1.807, 2.05) is 24.4 Å². The van der Waals surface area contributed by atoms with E-state index in [-0.39, 0.29) is 5.41 Å². The zero-order valence-corrected chi connectivity index (χ0v) is 11.1. The summed E-state index contributed by atoms with van der Waals surface area (Å²) in [7, 11) is 0. The predicted molar refractivity (Wildman–Crippen MR) is 77.7 cm³/mol. The third-order valence-electron chi connectivity index (χ3n) is 3.23. The lowest BCUT2D eigenvalue weighted by Gasteiger charge is -2.24. The fourth-order valence-corrected chi connectivity index (χ4v) is 2.06. The number of hydrogen-bond donors (Lipinski definition) is 2. The Morgan fingerprint density at radius 2 is 2.00 bits per heavy atom. The minimum Gasteiger partial charge on any atom is -0.369 e. The van der Waals surface area contributed by atoms with E-state index in [2.05, 4.69) is 36.3 Å². The molecule has 2 aromatic rings. The van der Waals surface area contributed by atoms with Crippen molar-refractivity contribution >= 4 is 16.6 Å². The van der Waals surface area contributed by atoms with Crippen LogP contribution in [0.15, 0.2) is 36.5 Å². The average molecular weight is 243 g/mol. The third kappa shape index (κ3) is 2.99. The quantitative estimate of drug-likeness (QED) is 0.848. The lowest BCUT2D eigenvalue weighted by molar-refractivity contribution is 0.365. The fourth-order valence-electron chi connectivity index (χ4n) is 2.06. The van der Waals surface area contributed by atoms with Crippen molar-refractivity contribution in [3.63, 3.8) is 0 Å². The molecule has 0 aliphatic carbocycles. The number of nitrogens with zero attached hydrogens (tertiary/aromatic N) is 1. The van der Waals surface area contributed by atoms with Gasteiger partial charge in [-0.3, -0.25) is 0 Å². The van der Waals surface area contributed by atoms with E-state index >= 15 is 0 Å². The number of anilines is 1. The highest BCUT2D eigenvalue weighted by Gasteiger charge is 2.16. The lowest BCUT2D eigenvalue weighted by Crippen LogP contribution is -2.26. The summed E-state index contributed by atoms with van der Waals surface area (Å²) in [6, 6.07) is 10.3. The minimum atomic E-state index is 0.188. The summed E-state index contributed by atoms with van der Waals surface area (Å²) >= 11 is 0. The monoisotopic (exact) mass is 243 g/mol.